The van der Waals surface area contributed by atoms with Gasteiger partial charge in [0.25, 0.3) is 0 Å². The van der Waals surface area contributed by atoms with Crippen LogP contribution in [0.4, 0.5) is 0 Å². The largest absolute Gasteiger partial charge is 0.508 e. The third kappa shape index (κ3) is 14.0. The number of phenolic OH excluding ortho intramolecular Hbond substituents is 3. The van der Waals surface area contributed by atoms with E-state index < -0.39 is 207 Å². The number of aromatic hydroxyl groups is 3. The number of halogens is 2. The molecule has 0 saturated carbocycles. The first-order valence-corrected chi connectivity index (χ1v) is 28.7. The van der Waals surface area contributed by atoms with Crippen LogP contribution in [0.15, 0.2) is 78.9 Å². The van der Waals surface area contributed by atoms with Gasteiger partial charge in [0.05, 0.1) is 29.1 Å². The van der Waals surface area contributed by atoms with E-state index in [1.807, 2.05) is 13.8 Å². The zero-order chi connectivity index (χ0) is 66.2. The first-order valence-electron chi connectivity index (χ1n) is 27.9. The summed E-state index contributed by atoms with van der Waals surface area (Å²) in [5.74, 6) is -15.8. The van der Waals surface area contributed by atoms with Gasteiger partial charge >= 0.3 is 5.97 Å². The molecule has 5 aromatic rings. The Hall–Kier alpha value is -9.08. The van der Waals surface area contributed by atoms with Crippen molar-refractivity contribution in [1.29, 1.82) is 0 Å². The molecular weight excluding hydrogens is 1240 g/mol. The number of carbonyl (C=O) groups excluding carboxylic acids is 7. The Balaban J connectivity index is 1.32. The van der Waals surface area contributed by atoms with Gasteiger partial charge in [-0.15, -0.1) is 0 Å². The number of rotatable bonds is 11. The summed E-state index contributed by atoms with van der Waals surface area (Å²) in [6.07, 6.45) is -14.9. The van der Waals surface area contributed by atoms with Gasteiger partial charge in [-0.25, -0.2) is 4.79 Å². The summed E-state index contributed by atoms with van der Waals surface area (Å²) in [5.41, 5.74) is 2.90. The number of nitrogens with two attached hydrogens (primary N) is 1. The van der Waals surface area contributed by atoms with Crippen molar-refractivity contribution in [3.05, 3.63) is 117 Å². The van der Waals surface area contributed by atoms with E-state index >= 15 is 14.4 Å². The second-order valence-electron chi connectivity index (χ2n) is 22.2. The number of carboxylic acids is 1. The standard InChI is InChI=1S/C59H62Cl2N8O22/c1-20(2)10-30(63-3)52(80)68-44-46(75)22-5-8-34(28(60)12-22)88-36-14-24-15-37(51(36)91-59-50(79)49(78)48(77)38(19-70)90-59)89-35-9-6-23(13-29(35)61)47(76)45-57(85)67-43(58(86)87)27-16-25(71)17-33(73)40(27)26-11-21(4-7-32(26)72)41(54(82)69-45)66-55(83)42(24)65-53(81)31(18-39(62)74)64-56(44)84/h4-9,11-17,20,30-31,38,41-50,59,63,70-73,75-79H,10,18-19H2,1-3H3,(H2,62,74)(H,64,84)(H,65,81)(H,66,83)(H,67,85)(H,68,80)(H,69,82)(H,86,87)/t30-,31+,38-,41-,42-,43+,44?,45+,46-,47-,48?,49+,50-,59+/m1/s1. The van der Waals surface area contributed by atoms with E-state index in [0.717, 1.165) is 66.7 Å². The van der Waals surface area contributed by atoms with Crippen LogP contribution >= 0.6 is 23.2 Å². The van der Waals surface area contributed by atoms with Crippen LogP contribution in [0.25, 0.3) is 11.1 Å². The lowest BCUT2D eigenvalue weighted by Gasteiger charge is -2.39. The normalized spacial score (nSPS) is 26.2. The lowest BCUT2D eigenvalue weighted by Crippen LogP contribution is -2.60. The van der Waals surface area contributed by atoms with Gasteiger partial charge in [-0.3, -0.25) is 33.6 Å². The Kier molecular flexibility index (Phi) is 19.8. The van der Waals surface area contributed by atoms with Crippen molar-refractivity contribution < 1.29 is 108 Å². The van der Waals surface area contributed by atoms with Crippen LogP contribution in [0, 0.1) is 5.92 Å². The number of aliphatic hydroxyl groups excluding tert-OH is 6. The Morgan fingerprint density at radius 1 is 0.659 bits per heavy atom. The number of primary amides is 1. The van der Waals surface area contributed by atoms with Crippen molar-refractivity contribution in [3.63, 3.8) is 0 Å². The highest BCUT2D eigenvalue weighted by Crippen LogP contribution is 2.49. The van der Waals surface area contributed by atoms with E-state index in [1.54, 1.807) is 0 Å². The molecule has 5 aromatic carbocycles. The van der Waals surface area contributed by atoms with Crippen LogP contribution in [-0.4, -0.2) is 167 Å². The minimum atomic E-state index is -2.31. The molecule has 11 bridgehead atoms. The molecule has 7 amide bonds. The summed E-state index contributed by atoms with van der Waals surface area (Å²) < 4.78 is 24.8. The molecule has 1 fully saturated rings. The average Bonchev–Trinajstić information content (AvgIpc) is 0.790. The van der Waals surface area contributed by atoms with Gasteiger partial charge in [0.15, 0.2) is 17.5 Å². The minimum absolute atomic E-state index is 0.0825. The van der Waals surface area contributed by atoms with E-state index in [1.165, 1.54) is 19.2 Å². The van der Waals surface area contributed by atoms with Crippen LogP contribution < -0.4 is 57.2 Å². The lowest BCUT2D eigenvalue weighted by molar-refractivity contribution is -0.277. The molecule has 14 atom stereocenters. The number of amides is 7. The van der Waals surface area contributed by atoms with E-state index in [9.17, 15) is 75.0 Å². The van der Waals surface area contributed by atoms with Crippen LogP contribution in [-0.2, 0) is 43.1 Å². The number of benzene rings is 5. The smallest absolute Gasteiger partial charge is 0.330 e. The Morgan fingerprint density at radius 2 is 1.25 bits per heavy atom. The summed E-state index contributed by atoms with van der Waals surface area (Å²) in [7, 11) is 1.47. The highest BCUT2D eigenvalue weighted by molar-refractivity contribution is 6.32. The first-order chi connectivity index (χ1) is 43.1. The second kappa shape index (κ2) is 27.2. The number of aliphatic carboxylic acids is 1. The van der Waals surface area contributed by atoms with Crippen molar-refractivity contribution in [2.24, 2.45) is 11.7 Å². The molecule has 6 heterocycles. The first kappa shape index (κ1) is 66.3. The molecule has 0 aromatic heterocycles. The molecule has 30 nitrogen and oxygen atoms in total. The van der Waals surface area contributed by atoms with Crippen LogP contribution in [0.1, 0.15) is 84.8 Å². The summed E-state index contributed by atoms with van der Waals surface area (Å²) in [4.78, 5) is 115. The number of carboxylic acid groups (broad SMARTS) is 1. The molecular formula is C59H62Cl2N8O22. The number of likely N-dealkylation sites (N-methyl/N-ethyl adjacent to an activating group) is 1. The van der Waals surface area contributed by atoms with Gasteiger partial charge < -0.3 is 113 Å². The monoisotopic (exact) mass is 1300 g/mol. The third-order valence-corrected chi connectivity index (χ3v) is 16.0. The molecule has 484 valence electrons. The van der Waals surface area contributed by atoms with Crippen molar-refractivity contribution in [2.75, 3.05) is 13.7 Å². The molecule has 1 saturated heterocycles. The fourth-order valence-electron chi connectivity index (χ4n) is 10.7. The molecule has 11 rings (SSSR count). The van der Waals surface area contributed by atoms with Crippen LogP contribution in [0.5, 0.6) is 46.0 Å². The summed E-state index contributed by atoms with van der Waals surface area (Å²) >= 11 is 13.8. The number of hydrogen-bond acceptors (Lipinski definition) is 22. The third-order valence-electron chi connectivity index (χ3n) is 15.4. The maximum Gasteiger partial charge on any atom is 0.330 e. The maximum atomic E-state index is 15.8. The van der Waals surface area contributed by atoms with E-state index in [0.29, 0.717) is 0 Å². The number of carbonyl (C=O) groups is 8. The molecule has 6 aliphatic rings. The summed E-state index contributed by atoms with van der Waals surface area (Å²) in [6.45, 7) is 2.69. The predicted octanol–water partition coefficient (Wildman–Crippen LogP) is -0.131. The van der Waals surface area contributed by atoms with Gasteiger partial charge in [-0.05, 0) is 96.2 Å². The van der Waals surface area contributed by atoms with Crippen molar-refractivity contribution >= 4 is 70.5 Å². The predicted molar refractivity (Wildman–Crippen MR) is 313 cm³/mol. The SMILES string of the molecule is CN[C@H](CC(C)C)C(=O)NC1C(=O)N[C@@H](CC(N)=O)C(=O)N[C@H]2C(=O)N[C@H]3C(=O)N[C@H](C(=O)N[C@H](C(=O)O)c4cc(O)cc(O)c4-c4cc3ccc4O)[C@H](O)c3ccc(c(Cl)c3)Oc3cc2cc(c3O[C@@H]2O[C@H](CO)C(O)[C@H](O)[C@H]2O)Oc2ccc(cc2Cl)[C@H]1O. The zero-order valence-corrected chi connectivity index (χ0v) is 49.5. The fourth-order valence-corrected chi connectivity index (χ4v) is 11.2. The summed E-state index contributed by atoms with van der Waals surface area (Å²) in [5, 5.41) is 128. The Morgan fingerprint density at radius 3 is 1.84 bits per heavy atom. The van der Waals surface area contributed by atoms with E-state index in [2.05, 4.69) is 37.2 Å². The fraction of sp³-hybridized carbons (Fsp3) is 0.356. The molecule has 0 spiro atoms. The average molecular weight is 1310 g/mol. The quantitative estimate of drug-likeness (QED) is 0.0819. The van der Waals surface area contributed by atoms with Crippen LogP contribution in [0.3, 0.4) is 0 Å². The number of phenols is 3. The van der Waals surface area contributed by atoms with Gasteiger partial charge in [-0.1, -0.05) is 55.2 Å². The molecule has 0 aliphatic carbocycles. The number of nitrogens with one attached hydrogen (secondary N) is 7. The summed E-state index contributed by atoms with van der Waals surface area (Å²) in [6, 6.07) is -0.613. The van der Waals surface area contributed by atoms with Gasteiger partial charge in [0.1, 0.15) is 95.6 Å². The number of fused-ring (bicyclic) bond motifs is 15. The van der Waals surface area contributed by atoms with Crippen molar-refractivity contribution in [1.82, 2.24) is 37.2 Å². The number of aliphatic hydroxyl groups is 6. The van der Waals surface area contributed by atoms with Crippen LogP contribution in [0.2, 0.25) is 10.0 Å². The van der Waals surface area contributed by atoms with Gasteiger partial charge in [0.2, 0.25) is 53.4 Å². The Labute approximate surface area is 525 Å². The number of ether oxygens (including phenoxy) is 4. The van der Waals surface area contributed by atoms with Gasteiger partial charge in [0, 0.05) is 22.8 Å². The van der Waals surface area contributed by atoms with Crippen molar-refractivity contribution in [3.8, 4) is 57.1 Å². The minimum Gasteiger partial charge on any atom is -0.508 e. The topological polar surface area (TPSA) is 486 Å². The van der Waals surface area contributed by atoms with E-state index in [4.69, 9.17) is 47.9 Å². The Bertz CT molecular complexity index is 3730. The molecule has 2 unspecified atom stereocenters. The number of hydrogen-bond donors (Lipinski definition) is 18. The maximum absolute atomic E-state index is 15.8. The van der Waals surface area contributed by atoms with Crippen molar-refractivity contribution in [2.45, 2.75) is 112 Å². The van der Waals surface area contributed by atoms with E-state index in [-0.39, 0.29) is 45.6 Å². The lowest BCUT2D eigenvalue weighted by atomic mass is 9.89. The van der Waals surface area contributed by atoms with Gasteiger partial charge in [-0.2, -0.15) is 0 Å². The molecule has 32 heteroatoms. The molecule has 91 heavy (non-hydrogen) atoms. The molecule has 19 N–H and O–H groups in total. The second-order valence-corrected chi connectivity index (χ2v) is 23.0. The highest BCUT2D eigenvalue weighted by Gasteiger charge is 2.47. The zero-order valence-electron chi connectivity index (χ0n) is 48.0. The highest BCUT2D eigenvalue weighted by atomic mass is 35.5. The molecule has 0 radical (unpaired) electrons. The molecule has 6 aliphatic heterocycles.